The molecule has 3 amide bonds. The van der Waals surface area contributed by atoms with Gasteiger partial charge in [0, 0.05) is 12.3 Å². The minimum atomic E-state index is -1.37. The van der Waals surface area contributed by atoms with Crippen molar-refractivity contribution in [3.8, 4) is 5.75 Å². The second-order valence-electron chi connectivity index (χ2n) is 10.9. The topological polar surface area (TPSA) is 120 Å². The largest absolute Gasteiger partial charge is 0.615 e. The van der Waals surface area contributed by atoms with Crippen LogP contribution in [0.3, 0.4) is 0 Å². The molecule has 1 aliphatic carbocycles. The maximum atomic E-state index is 13.3. The Kier molecular flexibility index (Phi) is 11.5. The predicted molar refractivity (Wildman–Crippen MR) is 150 cm³/mol. The minimum absolute atomic E-state index is 0.0144. The fourth-order valence-electron chi connectivity index (χ4n) is 4.49. The summed E-state index contributed by atoms with van der Waals surface area (Å²) in [6.45, 7) is 5.51. The van der Waals surface area contributed by atoms with Crippen molar-refractivity contribution in [3.05, 3.63) is 29.8 Å². The molecule has 2 aliphatic rings. The molecule has 0 radical (unpaired) electrons. The van der Waals surface area contributed by atoms with E-state index in [2.05, 4.69) is 10.6 Å². The van der Waals surface area contributed by atoms with Gasteiger partial charge in [-0.2, -0.15) is 11.8 Å². The number of nitrogens with one attached hydrogen (secondary N) is 2. The molecule has 11 heteroatoms. The van der Waals surface area contributed by atoms with Gasteiger partial charge >= 0.3 is 6.09 Å². The molecular weight excluding hydrogens is 526 g/mol. The molecule has 212 valence electrons. The van der Waals surface area contributed by atoms with Crippen molar-refractivity contribution in [2.75, 3.05) is 30.2 Å². The molecule has 3 atom stereocenters. The van der Waals surface area contributed by atoms with Crippen LogP contribution in [-0.4, -0.2) is 75.3 Å². The van der Waals surface area contributed by atoms with Gasteiger partial charge in [-0.25, -0.2) is 9.69 Å². The Morgan fingerprint density at radius 2 is 1.84 bits per heavy atom. The molecule has 1 aliphatic heterocycles. The van der Waals surface area contributed by atoms with Crippen LogP contribution in [0, 0.1) is 5.92 Å². The molecule has 0 aromatic heterocycles. The van der Waals surface area contributed by atoms with Gasteiger partial charge in [0.15, 0.2) is 11.9 Å². The lowest BCUT2D eigenvalue weighted by Gasteiger charge is -2.27. The zero-order chi connectivity index (χ0) is 27.7. The highest BCUT2D eigenvalue weighted by Crippen LogP contribution is 2.27. The fraction of sp³-hybridized carbons (Fsp3) is 0.667. The molecule has 1 saturated carbocycles. The normalized spacial score (nSPS) is 21.0. The first-order chi connectivity index (χ1) is 18.1. The maximum absolute atomic E-state index is 13.3. The molecule has 0 spiro atoms. The summed E-state index contributed by atoms with van der Waals surface area (Å²) in [5.41, 5.74) is 0.156. The molecule has 1 heterocycles. The first-order valence-electron chi connectivity index (χ1n) is 13.2. The van der Waals surface area contributed by atoms with Crippen LogP contribution in [0.25, 0.3) is 0 Å². The third-order valence-corrected chi connectivity index (χ3v) is 9.09. The van der Waals surface area contributed by atoms with E-state index < -0.39 is 40.9 Å². The van der Waals surface area contributed by atoms with E-state index in [-0.39, 0.29) is 17.5 Å². The zero-order valence-electron chi connectivity index (χ0n) is 22.8. The maximum Gasteiger partial charge on any atom is 0.414 e. The molecule has 3 rings (SSSR count). The molecule has 9 nitrogen and oxygen atoms in total. The number of methoxy groups -OCH3 is 1. The van der Waals surface area contributed by atoms with Gasteiger partial charge in [0.2, 0.25) is 11.8 Å². The first kappa shape index (κ1) is 30.4. The summed E-state index contributed by atoms with van der Waals surface area (Å²) in [6, 6.07) is 5.65. The summed E-state index contributed by atoms with van der Waals surface area (Å²) in [7, 11) is 1.60. The molecule has 0 bridgehead atoms. The van der Waals surface area contributed by atoms with Gasteiger partial charge in [-0.3, -0.25) is 9.59 Å². The summed E-state index contributed by atoms with van der Waals surface area (Å²) < 4.78 is 22.9. The highest BCUT2D eigenvalue weighted by molar-refractivity contribution is 7.99. The van der Waals surface area contributed by atoms with E-state index in [4.69, 9.17) is 9.47 Å². The van der Waals surface area contributed by atoms with Crippen LogP contribution in [0.5, 0.6) is 5.75 Å². The van der Waals surface area contributed by atoms with Crippen LogP contribution in [0.4, 0.5) is 4.79 Å². The Bertz CT molecular complexity index is 934. The van der Waals surface area contributed by atoms with Crippen molar-refractivity contribution >= 4 is 40.8 Å². The molecule has 1 unspecified atom stereocenters. The highest BCUT2D eigenvalue weighted by Gasteiger charge is 2.45. The van der Waals surface area contributed by atoms with Crippen molar-refractivity contribution in [2.24, 2.45) is 5.92 Å². The minimum Gasteiger partial charge on any atom is -0.615 e. The summed E-state index contributed by atoms with van der Waals surface area (Å²) in [4.78, 5) is 40.4. The van der Waals surface area contributed by atoms with Crippen molar-refractivity contribution in [1.82, 2.24) is 15.5 Å². The lowest BCUT2D eigenvalue weighted by atomic mass is 9.91. The van der Waals surface area contributed by atoms with Gasteiger partial charge in [-0.1, -0.05) is 31.4 Å². The molecular formula is C27H41N3O6S2. The number of amides is 3. The predicted octanol–water partition coefficient (Wildman–Crippen LogP) is 3.44. The van der Waals surface area contributed by atoms with Crippen molar-refractivity contribution in [1.29, 1.82) is 0 Å². The molecule has 2 fully saturated rings. The van der Waals surface area contributed by atoms with Crippen LogP contribution >= 0.6 is 11.8 Å². The highest BCUT2D eigenvalue weighted by atomic mass is 32.2. The van der Waals surface area contributed by atoms with E-state index in [0.29, 0.717) is 18.2 Å². The Balaban J connectivity index is 1.64. The number of benzene rings is 1. The standard InChI is InChI=1S/C27H41N3O6S2/c1-27(2,3)36-26(33)30-18-38(34)17-23(30)25(32)29-22(16-37-15-20-8-6-5-7-9-20)24(31)28-14-19-10-12-21(35-4)13-11-19/h10-13,20,22-23H,5-9,14-18H2,1-4H3,(H,28,31)(H,29,32)/t22-,23-,38?/m0/s1. The van der Waals surface area contributed by atoms with E-state index in [1.807, 2.05) is 24.3 Å². The third kappa shape index (κ3) is 9.57. The van der Waals surface area contributed by atoms with Crippen molar-refractivity contribution < 1.29 is 28.4 Å². The van der Waals surface area contributed by atoms with E-state index >= 15 is 0 Å². The molecule has 1 saturated heterocycles. The number of carbonyl (C=O) groups is 3. The second kappa shape index (κ2) is 14.3. The van der Waals surface area contributed by atoms with Gasteiger partial charge in [0.1, 0.15) is 23.1 Å². The average Bonchev–Trinajstić information content (AvgIpc) is 3.28. The number of nitrogens with zero attached hydrogens (tertiary/aromatic N) is 1. The summed E-state index contributed by atoms with van der Waals surface area (Å²) >= 11 is 0.296. The molecule has 1 aromatic carbocycles. The summed E-state index contributed by atoms with van der Waals surface area (Å²) in [5.74, 6) is 1.87. The van der Waals surface area contributed by atoms with E-state index in [0.717, 1.165) is 17.1 Å². The average molecular weight is 568 g/mol. The molecule has 1 aromatic rings. The summed E-state index contributed by atoms with van der Waals surface area (Å²) in [6.07, 6.45) is 5.49. The Labute approximate surface area is 233 Å². The van der Waals surface area contributed by atoms with Crippen LogP contribution in [0.15, 0.2) is 24.3 Å². The summed E-state index contributed by atoms with van der Waals surface area (Å²) in [5, 5.41) is 5.77. The van der Waals surface area contributed by atoms with Gasteiger partial charge in [-0.05, 0) is 74.2 Å². The Hall–Kier alpha value is -2.11. The SMILES string of the molecule is COc1ccc(CNC(=O)[C@H](CSCC2CCCCC2)NC(=O)[C@@H]2C[S+]([O-])CN2C(=O)OC(C)(C)C)cc1. The molecule has 2 N–H and O–H groups in total. The number of rotatable bonds is 10. The Morgan fingerprint density at radius 3 is 2.47 bits per heavy atom. The quantitative estimate of drug-likeness (QED) is 0.416. The monoisotopic (exact) mass is 567 g/mol. The number of hydrogen-bond acceptors (Lipinski definition) is 7. The smallest absolute Gasteiger partial charge is 0.414 e. The molecule has 38 heavy (non-hydrogen) atoms. The van der Waals surface area contributed by atoms with Crippen LogP contribution in [0.2, 0.25) is 0 Å². The number of hydrogen-bond donors (Lipinski definition) is 2. The number of thioether (sulfide) groups is 1. The van der Waals surface area contributed by atoms with Crippen molar-refractivity contribution in [3.63, 3.8) is 0 Å². The van der Waals surface area contributed by atoms with Gasteiger partial charge < -0.3 is 24.7 Å². The number of carbonyl (C=O) groups excluding carboxylic acids is 3. The van der Waals surface area contributed by atoms with Gasteiger partial charge in [0.05, 0.1) is 7.11 Å². The van der Waals surface area contributed by atoms with Gasteiger partial charge in [0.25, 0.3) is 0 Å². The van der Waals surface area contributed by atoms with Crippen LogP contribution in [-0.2, 0) is 32.0 Å². The first-order valence-corrected chi connectivity index (χ1v) is 15.8. The van der Waals surface area contributed by atoms with E-state index in [1.165, 1.54) is 37.0 Å². The number of ether oxygens (including phenoxy) is 2. The third-order valence-electron chi connectivity index (χ3n) is 6.56. The van der Waals surface area contributed by atoms with Gasteiger partial charge in [-0.15, -0.1) is 0 Å². The van der Waals surface area contributed by atoms with Crippen LogP contribution in [0.1, 0.15) is 58.4 Å². The Morgan fingerprint density at radius 1 is 1.16 bits per heavy atom. The van der Waals surface area contributed by atoms with E-state index in [1.54, 1.807) is 39.6 Å². The van der Waals surface area contributed by atoms with Crippen molar-refractivity contribution in [2.45, 2.75) is 77.1 Å². The van der Waals surface area contributed by atoms with Crippen LogP contribution < -0.4 is 15.4 Å². The lowest BCUT2D eigenvalue weighted by Crippen LogP contribution is -2.55. The zero-order valence-corrected chi connectivity index (χ0v) is 24.5. The second-order valence-corrected chi connectivity index (χ2v) is 13.4. The fourth-order valence-corrected chi connectivity index (χ4v) is 7.15. The van der Waals surface area contributed by atoms with E-state index in [9.17, 15) is 18.9 Å². The lowest BCUT2D eigenvalue weighted by molar-refractivity contribution is -0.130.